The highest BCUT2D eigenvalue weighted by atomic mass is 19.3. The third-order valence-electron chi connectivity index (χ3n) is 7.02. The summed E-state index contributed by atoms with van der Waals surface area (Å²) in [5.74, 6) is 1.16. The SMILES string of the molecule is CC(C)(C)OC(=O)N(CC1(c2noc(-c3ccc(OC(F)F)cc3)n2)CCC1)C1CC1c1ccccc1. The van der Waals surface area contributed by atoms with Crippen LogP contribution in [0.4, 0.5) is 13.6 Å². The number of benzene rings is 2. The highest BCUT2D eigenvalue weighted by molar-refractivity contribution is 5.70. The van der Waals surface area contributed by atoms with Crippen molar-refractivity contribution >= 4 is 6.09 Å². The van der Waals surface area contributed by atoms with E-state index in [0.29, 0.717) is 23.8 Å². The Morgan fingerprint density at radius 1 is 1.14 bits per heavy atom. The first-order valence-electron chi connectivity index (χ1n) is 12.6. The molecule has 0 radical (unpaired) electrons. The zero-order valence-electron chi connectivity index (χ0n) is 21.2. The molecule has 2 fully saturated rings. The number of alkyl halides is 2. The number of halogens is 2. The molecule has 2 unspecified atom stereocenters. The van der Waals surface area contributed by atoms with Crippen molar-refractivity contribution < 1.29 is 27.6 Å². The van der Waals surface area contributed by atoms with Gasteiger partial charge in [-0.3, -0.25) is 0 Å². The molecule has 2 aliphatic rings. The maximum Gasteiger partial charge on any atom is 0.410 e. The number of carbonyl (C=O) groups is 1. The topological polar surface area (TPSA) is 77.7 Å². The average molecular weight is 512 g/mol. The first-order chi connectivity index (χ1) is 17.6. The lowest BCUT2D eigenvalue weighted by Gasteiger charge is -2.43. The number of hydrogen-bond donors (Lipinski definition) is 0. The molecule has 0 bridgehead atoms. The van der Waals surface area contributed by atoms with Gasteiger partial charge in [-0.15, -0.1) is 0 Å². The quantitative estimate of drug-likeness (QED) is 0.341. The highest BCUT2D eigenvalue weighted by Gasteiger charge is 2.52. The van der Waals surface area contributed by atoms with E-state index in [-0.39, 0.29) is 23.8 Å². The highest BCUT2D eigenvalue weighted by Crippen LogP contribution is 2.49. The van der Waals surface area contributed by atoms with Gasteiger partial charge in [0.15, 0.2) is 5.82 Å². The molecule has 196 valence electrons. The fourth-order valence-electron chi connectivity index (χ4n) is 4.94. The molecule has 2 aromatic carbocycles. The van der Waals surface area contributed by atoms with Gasteiger partial charge in [0.05, 0.1) is 5.41 Å². The molecule has 0 spiro atoms. The molecule has 37 heavy (non-hydrogen) atoms. The van der Waals surface area contributed by atoms with Crippen LogP contribution < -0.4 is 4.74 Å². The zero-order valence-corrected chi connectivity index (χ0v) is 21.2. The minimum Gasteiger partial charge on any atom is -0.444 e. The molecule has 1 aromatic heterocycles. The smallest absolute Gasteiger partial charge is 0.410 e. The number of amides is 1. The Hall–Kier alpha value is -3.49. The maximum absolute atomic E-state index is 13.4. The van der Waals surface area contributed by atoms with Gasteiger partial charge in [0.25, 0.3) is 5.89 Å². The lowest BCUT2D eigenvalue weighted by atomic mass is 9.67. The normalized spacial score (nSPS) is 20.3. The molecule has 1 heterocycles. The minimum atomic E-state index is -2.89. The lowest BCUT2D eigenvalue weighted by molar-refractivity contribution is -0.0498. The van der Waals surface area contributed by atoms with E-state index in [1.807, 2.05) is 43.9 Å². The molecule has 0 saturated heterocycles. The van der Waals surface area contributed by atoms with Crippen LogP contribution in [0, 0.1) is 0 Å². The first-order valence-corrected chi connectivity index (χ1v) is 12.6. The van der Waals surface area contributed by atoms with Crippen LogP contribution in [0.25, 0.3) is 11.5 Å². The van der Waals surface area contributed by atoms with Crippen molar-refractivity contribution in [2.24, 2.45) is 0 Å². The average Bonchev–Trinajstić information content (AvgIpc) is 3.45. The van der Waals surface area contributed by atoms with Crippen molar-refractivity contribution in [3.05, 3.63) is 66.0 Å². The Morgan fingerprint density at radius 3 is 2.43 bits per heavy atom. The lowest BCUT2D eigenvalue weighted by Crippen LogP contribution is -2.50. The van der Waals surface area contributed by atoms with Gasteiger partial charge in [0.1, 0.15) is 11.4 Å². The molecule has 1 amide bonds. The Kier molecular flexibility index (Phi) is 6.64. The van der Waals surface area contributed by atoms with Crippen molar-refractivity contribution in [2.75, 3.05) is 6.54 Å². The third kappa shape index (κ3) is 5.60. The standard InChI is InChI=1S/C28H31F2N3O4/c1-27(2,3)36-26(34)33(22-16-21(22)18-8-5-4-6-9-18)17-28(14-7-15-28)24-31-23(37-32-24)19-10-12-20(13-11-19)35-25(29)30/h4-6,8-13,21-22,25H,7,14-17H2,1-3H3. The summed E-state index contributed by atoms with van der Waals surface area (Å²) < 4.78 is 40.7. The number of ether oxygens (including phenoxy) is 2. The summed E-state index contributed by atoms with van der Waals surface area (Å²) in [6, 6.07) is 16.3. The maximum atomic E-state index is 13.4. The van der Waals surface area contributed by atoms with Crippen molar-refractivity contribution in [1.82, 2.24) is 15.0 Å². The molecule has 2 saturated carbocycles. The first kappa shape index (κ1) is 25.2. The molecule has 7 nitrogen and oxygen atoms in total. The van der Waals surface area contributed by atoms with E-state index < -0.39 is 17.6 Å². The Morgan fingerprint density at radius 2 is 1.84 bits per heavy atom. The van der Waals surface area contributed by atoms with Crippen LogP contribution in [0.15, 0.2) is 59.1 Å². The van der Waals surface area contributed by atoms with Gasteiger partial charge in [0.2, 0.25) is 0 Å². The van der Waals surface area contributed by atoms with Crippen LogP contribution in [-0.2, 0) is 10.2 Å². The summed E-state index contributed by atoms with van der Waals surface area (Å²) >= 11 is 0. The monoisotopic (exact) mass is 511 g/mol. The molecular weight excluding hydrogens is 480 g/mol. The number of rotatable bonds is 8. The predicted octanol–water partition coefficient (Wildman–Crippen LogP) is 6.55. The van der Waals surface area contributed by atoms with E-state index in [0.717, 1.165) is 25.7 Å². The summed E-state index contributed by atoms with van der Waals surface area (Å²) in [6.45, 7) is 3.16. The largest absolute Gasteiger partial charge is 0.444 e. The van der Waals surface area contributed by atoms with Crippen LogP contribution in [0.2, 0.25) is 0 Å². The molecule has 3 aromatic rings. The molecule has 9 heteroatoms. The molecule has 0 N–H and O–H groups in total. The van der Waals surface area contributed by atoms with E-state index in [1.165, 1.54) is 17.7 Å². The molecular formula is C28H31F2N3O4. The van der Waals surface area contributed by atoms with Crippen molar-refractivity contribution in [1.29, 1.82) is 0 Å². The second-order valence-electron chi connectivity index (χ2n) is 10.9. The summed E-state index contributed by atoms with van der Waals surface area (Å²) in [5, 5.41) is 4.29. The van der Waals surface area contributed by atoms with E-state index >= 15 is 0 Å². The van der Waals surface area contributed by atoms with Gasteiger partial charge in [-0.2, -0.15) is 13.8 Å². The zero-order chi connectivity index (χ0) is 26.2. The number of nitrogens with zero attached hydrogens (tertiary/aromatic N) is 3. The summed E-state index contributed by atoms with van der Waals surface area (Å²) in [4.78, 5) is 19.9. The van der Waals surface area contributed by atoms with Gasteiger partial charge in [0, 0.05) is 24.1 Å². The van der Waals surface area contributed by atoms with Crippen LogP contribution in [0.5, 0.6) is 5.75 Å². The molecule has 5 rings (SSSR count). The number of hydrogen-bond acceptors (Lipinski definition) is 6. The fraction of sp³-hybridized carbons (Fsp3) is 0.464. The van der Waals surface area contributed by atoms with Crippen LogP contribution in [0.3, 0.4) is 0 Å². The predicted molar refractivity (Wildman–Crippen MR) is 132 cm³/mol. The van der Waals surface area contributed by atoms with Crippen LogP contribution in [-0.4, -0.2) is 45.9 Å². The van der Waals surface area contributed by atoms with Crippen molar-refractivity contribution in [3.63, 3.8) is 0 Å². The summed E-state index contributed by atoms with van der Waals surface area (Å²) in [5.41, 5.74) is 0.773. The van der Waals surface area contributed by atoms with Gasteiger partial charge in [-0.05, 0) is 69.9 Å². The summed E-state index contributed by atoms with van der Waals surface area (Å²) in [7, 11) is 0. The van der Waals surface area contributed by atoms with Crippen LogP contribution >= 0.6 is 0 Å². The van der Waals surface area contributed by atoms with Gasteiger partial charge in [-0.25, -0.2) is 4.79 Å². The molecule has 2 atom stereocenters. The molecule has 2 aliphatic carbocycles. The summed E-state index contributed by atoms with van der Waals surface area (Å²) in [6.07, 6.45) is 3.20. The number of carbonyl (C=O) groups excluding carboxylic acids is 1. The number of aromatic nitrogens is 2. The van der Waals surface area contributed by atoms with Gasteiger partial charge >= 0.3 is 12.7 Å². The van der Waals surface area contributed by atoms with E-state index in [2.05, 4.69) is 27.0 Å². The Bertz CT molecular complexity index is 1220. The van der Waals surface area contributed by atoms with Crippen molar-refractivity contribution in [2.45, 2.75) is 76.0 Å². The van der Waals surface area contributed by atoms with Crippen molar-refractivity contribution in [3.8, 4) is 17.2 Å². The minimum absolute atomic E-state index is 0.0449. The third-order valence-corrected chi connectivity index (χ3v) is 7.02. The van der Waals surface area contributed by atoms with Crippen LogP contribution in [0.1, 0.15) is 63.8 Å². The van der Waals surface area contributed by atoms with E-state index in [9.17, 15) is 13.6 Å². The van der Waals surface area contributed by atoms with Gasteiger partial charge in [-0.1, -0.05) is 41.9 Å². The van der Waals surface area contributed by atoms with E-state index in [4.69, 9.17) is 9.26 Å². The van der Waals surface area contributed by atoms with E-state index in [1.54, 1.807) is 12.1 Å². The second-order valence-corrected chi connectivity index (χ2v) is 10.9. The fourth-order valence-corrected chi connectivity index (χ4v) is 4.94. The van der Waals surface area contributed by atoms with Gasteiger partial charge < -0.3 is 18.9 Å². The molecule has 0 aliphatic heterocycles. The Balaban J connectivity index is 1.37. The Labute approximate surface area is 214 Å². The second kappa shape index (κ2) is 9.76.